The largest absolute Gasteiger partial charge is 0.383 e. The number of methoxy groups -OCH3 is 1. The van der Waals surface area contributed by atoms with Gasteiger partial charge in [0, 0.05) is 19.6 Å². The Kier molecular flexibility index (Phi) is 4.73. The molecular formula is C9H16BrNO2. The Hall–Kier alpha value is -0.0900. The number of alkyl halides is 1. The zero-order chi connectivity index (χ0) is 9.68. The van der Waals surface area contributed by atoms with Crippen LogP contribution < -0.4 is 5.32 Å². The predicted molar refractivity (Wildman–Crippen MR) is 54.9 cm³/mol. The van der Waals surface area contributed by atoms with Gasteiger partial charge >= 0.3 is 0 Å². The van der Waals surface area contributed by atoms with Gasteiger partial charge in [-0.05, 0) is 12.8 Å². The van der Waals surface area contributed by atoms with Crippen LogP contribution in [0, 0.1) is 5.92 Å². The number of halogens is 1. The second-order valence-corrected chi connectivity index (χ2v) is 4.72. The highest BCUT2D eigenvalue weighted by atomic mass is 79.9. The fourth-order valence-corrected chi connectivity index (χ4v) is 1.69. The number of ether oxygens (including phenoxy) is 1. The van der Waals surface area contributed by atoms with Crippen LogP contribution in [0.1, 0.15) is 19.3 Å². The van der Waals surface area contributed by atoms with E-state index in [0.29, 0.717) is 13.2 Å². The molecule has 1 aliphatic rings. The fourth-order valence-electron chi connectivity index (χ4n) is 1.27. The number of rotatable bonds is 5. The lowest BCUT2D eigenvalue weighted by Gasteiger charge is -2.24. The molecule has 1 rings (SSSR count). The first-order valence-corrected chi connectivity index (χ1v) is 5.56. The number of carbonyl (C=O) groups excluding carboxylic acids is 1. The van der Waals surface area contributed by atoms with E-state index >= 15 is 0 Å². The van der Waals surface area contributed by atoms with E-state index in [0.717, 1.165) is 12.8 Å². The molecule has 0 spiro atoms. The minimum Gasteiger partial charge on any atom is -0.383 e. The zero-order valence-corrected chi connectivity index (χ0v) is 9.47. The molecule has 0 aromatic rings. The molecule has 3 nitrogen and oxygen atoms in total. The first-order chi connectivity index (χ1) is 6.24. The van der Waals surface area contributed by atoms with E-state index in [4.69, 9.17) is 4.74 Å². The van der Waals surface area contributed by atoms with Gasteiger partial charge in [0.15, 0.2) is 0 Å². The quantitative estimate of drug-likeness (QED) is 0.747. The van der Waals surface area contributed by atoms with Gasteiger partial charge in [-0.25, -0.2) is 0 Å². The second kappa shape index (κ2) is 5.60. The van der Waals surface area contributed by atoms with Gasteiger partial charge in [0.2, 0.25) is 5.91 Å². The topological polar surface area (TPSA) is 38.3 Å². The van der Waals surface area contributed by atoms with Gasteiger partial charge in [-0.2, -0.15) is 0 Å². The first kappa shape index (κ1) is 11.0. The maximum atomic E-state index is 11.4. The summed E-state index contributed by atoms with van der Waals surface area (Å²) in [6, 6.07) is 0. The molecule has 1 atom stereocenters. The van der Waals surface area contributed by atoms with Crippen molar-refractivity contribution in [2.45, 2.75) is 24.1 Å². The molecule has 1 unspecified atom stereocenters. The van der Waals surface area contributed by atoms with Crippen molar-refractivity contribution < 1.29 is 9.53 Å². The van der Waals surface area contributed by atoms with E-state index in [-0.39, 0.29) is 16.7 Å². The van der Waals surface area contributed by atoms with Crippen molar-refractivity contribution in [2.24, 2.45) is 5.92 Å². The van der Waals surface area contributed by atoms with Crippen LogP contribution in [0.15, 0.2) is 0 Å². The summed E-state index contributed by atoms with van der Waals surface area (Å²) in [6.07, 6.45) is 3.32. The minimum atomic E-state index is 0.201. The van der Waals surface area contributed by atoms with Crippen LogP contribution in [0.2, 0.25) is 0 Å². The zero-order valence-electron chi connectivity index (χ0n) is 7.88. The van der Waals surface area contributed by atoms with E-state index < -0.39 is 0 Å². The van der Waals surface area contributed by atoms with Crippen molar-refractivity contribution in [2.75, 3.05) is 20.3 Å². The summed E-state index contributed by atoms with van der Waals surface area (Å²) >= 11 is 3.42. The monoisotopic (exact) mass is 249 g/mol. The van der Waals surface area contributed by atoms with Crippen LogP contribution >= 0.6 is 15.9 Å². The van der Waals surface area contributed by atoms with Crippen molar-refractivity contribution in [1.29, 1.82) is 0 Å². The minimum absolute atomic E-state index is 0.201. The lowest BCUT2D eigenvalue weighted by atomic mass is 9.85. The van der Waals surface area contributed by atoms with E-state index in [2.05, 4.69) is 21.2 Å². The molecule has 0 radical (unpaired) electrons. The van der Waals surface area contributed by atoms with E-state index in [1.54, 1.807) is 7.11 Å². The van der Waals surface area contributed by atoms with Crippen molar-refractivity contribution in [3.63, 3.8) is 0 Å². The Morgan fingerprint density at radius 1 is 1.69 bits per heavy atom. The van der Waals surface area contributed by atoms with Gasteiger partial charge in [-0.15, -0.1) is 0 Å². The Morgan fingerprint density at radius 2 is 2.38 bits per heavy atom. The van der Waals surface area contributed by atoms with Crippen LogP contribution in [-0.2, 0) is 9.53 Å². The molecule has 1 saturated carbocycles. The average Bonchev–Trinajstić information content (AvgIpc) is 1.98. The molecule has 13 heavy (non-hydrogen) atoms. The Bertz CT molecular complexity index is 171. The fraction of sp³-hybridized carbons (Fsp3) is 0.889. The van der Waals surface area contributed by atoms with Gasteiger partial charge in [0.05, 0.1) is 11.4 Å². The van der Waals surface area contributed by atoms with Crippen LogP contribution in [0.5, 0.6) is 0 Å². The van der Waals surface area contributed by atoms with Gasteiger partial charge in [-0.1, -0.05) is 22.4 Å². The molecule has 1 amide bonds. The molecule has 0 saturated heterocycles. The van der Waals surface area contributed by atoms with Crippen LogP contribution in [0.3, 0.4) is 0 Å². The van der Waals surface area contributed by atoms with Crippen LogP contribution in [-0.4, -0.2) is 31.0 Å². The third-order valence-corrected chi connectivity index (χ3v) is 2.91. The van der Waals surface area contributed by atoms with Crippen LogP contribution in [0.25, 0.3) is 0 Å². The molecule has 4 heteroatoms. The van der Waals surface area contributed by atoms with Crippen molar-refractivity contribution in [3.05, 3.63) is 0 Å². The highest BCUT2D eigenvalue weighted by Gasteiger charge is 2.24. The van der Waals surface area contributed by atoms with Crippen molar-refractivity contribution in [1.82, 2.24) is 5.32 Å². The average molecular weight is 250 g/mol. The maximum Gasteiger partial charge on any atom is 0.223 e. The van der Waals surface area contributed by atoms with E-state index in [1.165, 1.54) is 6.42 Å². The summed E-state index contributed by atoms with van der Waals surface area (Å²) in [7, 11) is 1.65. The van der Waals surface area contributed by atoms with E-state index in [9.17, 15) is 4.79 Å². The maximum absolute atomic E-state index is 11.4. The number of carbonyl (C=O) groups is 1. The first-order valence-electron chi connectivity index (χ1n) is 4.64. The smallest absolute Gasteiger partial charge is 0.223 e. The molecule has 1 N–H and O–H groups in total. The molecule has 0 aliphatic heterocycles. The SMILES string of the molecule is COCC(Br)CNC(=O)C1CCC1. The van der Waals surface area contributed by atoms with Gasteiger partial charge in [-0.3, -0.25) is 4.79 Å². The summed E-state index contributed by atoms with van der Waals surface area (Å²) < 4.78 is 4.94. The highest BCUT2D eigenvalue weighted by Crippen LogP contribution is 2.26. The number of hydrogen-bond donors (Lipinski definition) is 1. The third kappa shape index (κ3) is 3.65. The number of nitrogens with one attached hydrogen (secondary N) is 1. The number of amides is 1. The molecule has 0 bridgehead atoms. The predicted octanol–water partition coefficient (Wildman–Crippen LogP) is 1.31. The standard InChI is InChI=1S/C9H16BrNO2/c1-13-6-8(10)5-11-9(12)7-3-2-4-7/h7-8H,2-6H2,1H3,(H,11,12). The van der Waals surface area contributed by atoms with Gasteiger partial charge in [0.25, 0.3) is 0 Å². The van der Waals surface area contributed by atoms with Crippen molar-refractivity contribution >= 4 is 21.8 Å². The van der Waals surface area contributed by atoms with Gasteiger partial charge < -0.3 is 10.1 Å². The van der Waals surface area contributed by atoms with E-state index in [1.807, 2.05) is 0 Å². The lowest BCUT2D eigenvalue weighted by Crippen LogP contribution is -2.38. The molecular weight excluding hydrogens is 234 g/mol. The van der Waals surface area contributed by atoms with Gasteiger partial charge in [0.1, 0.15) is 0 Å². The summed E-state index contributed by atoms with van der Waals surface area (Å²) in [5.41, 5.74) is 0. The Balaban J connectivity index is 2.06. The Labute approximate surface area is 87.3 Å². The summed E-state index contributed by atoms with van der Waals surface area (Å²) in [5.74, 6) is 0.481. The highest BCUT2D eigenvalue weighted by molar-refractivity contribution is 9.09. The second-order valence-electron chi connectivity index (χ2n) is 3.43. The Morgan fingerprint density at radius 3 is 2.85 bits per heavy atom. The summed E-state index contributed by atoms with van der Waals surface area (Å²) in [4.78, 5) is 11.6. The third-order valence-electron chi connectivity index (χ3n) is 2.32. The molecule has 1 fully saturated rings. The molecule has 0 heterocycles. The van der Waals surface area contributed by atoms with Crippen molar-refractivity contribution in [3.8, 4) is 0 Å². The van der Waals surface area contributed by atoms with Crippen LogP contribution in [0.4, 0.5) is 0 Å². The normalized spacial score (nSPS) is 19.2. The number of hydrogen-bond acceptors (Lipinski definition) is 2. The molecule has 0 aromatic carbocycles. The molecule has 0 aromatic heterocycles. The molecule has 76 valence electrons. The molecule has 1 aliphatic carbocycles. The summed E-state index contributed by atoms with van der Waals surface area (Å²) in [6.45, 7) is 1.29. The summed E-state index contributed by atoms with van der Waals surface area (Å²) in [5, 5.41) is 2.90. The lowest BCUT2D eigenvalue weighted by molar-refractivity contribution is -0.127.